The maximum absolute atomic E-state index is 12.3. The number of fused-ring (bicyclic) bond motifs is 3. The smallest absolute Gasteiger partial charge is 0.293 e. The third kappa shape index (κ3) is 4.19. The van der Waals surface area contributed by atoms with Crippen LogP contribution in [0, 0.1) is 5.92 Å². The number of aromatic nitrogens is 1. The van der Waals surface area contributed by atoms with Gasteiger partial charge in [0, 0.05) is 18.9 Å². The molecule has 33 heavy (non-hydrogen) atoms. The monoisotopic (exact) mass is 442 g/mol. The molecule has 1 saturated heterocycles. The zero-order chi connectivity index (χ0) is 22.7. The van der Waals surface area contributed by atoms with Crippen molar-refractivity contribution < 1.29 is 14.6 Å². The third-order valence-electron chi connectivity index (χ3n) is 7.19. The van der Waals surface area contributed by atoms with Crippen LogP contribution >= 0.6 is 0 Å². The van der Waals surface area contributed by atoms with Crippen LogP contribution < -0.4 is 0 Å². The lowest BCUT2D eigenvalue weighted by molar-refractivity contribution is -0.148. The third-order valence-corrected chi connectivity index (χ3v) is 7.19. The van der Waals surface area contributed by atoms with Gasteiger partial charge in [-0.05, 0) is 84.6 Å². The number of pyridine rings is 1. The van der Waals surface area contributed by atoms with Crippen molar-refractivity contribution in [1.29, 1.82) is 0 Å². The number of aliphatic hydroxyl groups is 1. The van der Waals surface area contributed by atoms with Gasteiger partial charge < -0.3 is 14.7 Å². The van der Waals surface area contributed by atoms with Crippen molar-refractivity contribution in [3.63, 3.8) is 0 Å². The van der Waals surface area contributed by atoms with Gasteiger partial charge in [-0.2, -0.15) is 0 Å². The predicted molar refractivity (Wildman–Crippen MR) is 128 cm³/mol. The second kappa shape index (κ2) is 9.46. The largest absolute Gasteiger partial charge is 0.461 e. The average Bonchev–Trinajstić information content (AvgIpc) is 3.45. The van der Waals surface area contributed by atoms with E-state index in [1.165, 1.54) is 18.4 Å². The molecule has 2 aromatic carbocycles. The number of hydrogen-bond acceptors (Lipinski definition) is 5. The number of carbonyl (C=O) groups excluding carboxylic acids is 1. The fraction of sp³-hybridized carbons (Fsp3) is 0.357. The molecule has 5 heteroatoms. The second-order valence-corrected chi connectivity index (χ2v) is 9.25. The number of ether oxygens (including phenoxy) is 1. The van der Waals surface area contributed by atoms with Crippen molar-refractivity contribution in [3.8, 4) is 11.1 Å². The molecule has 0 spiro atoms. The normalized spacial score (nSPS) is 18.3. The highest BCUT2D eigenvalue weighted by molar-refractivity contribution is 5.80. The molecule has 1 N–H and O–H groups in total. The molecule has 2 atom stereocenters. The SMILES string of the molecule is O=COC(C[C@@H](Cc1ccncc1)CN1CCCC1)C1(O)c2ccccc2-c2ccccc21. The van der Waals surface area contributed by atoms with Gasteiger partial charge in [0.15, 0.2) is 5.60 Å². The number of nitrogens with zero attached hydrogens (tertiary/aromatic N) is 2. The predicted octanol–water partition coefficient (Wildman–Crippen LogP) is 4.18. The van der Waals surface area contributed by atoms with Gasteiger partial charge in [0.05, 0.1) is 0 Å². The van der Waals surface area contributed by atoms with Crippen LogP contribution in [0.25, 0.3) is 11.1 Å². The zero-order valence-electron chi connectivity index (χ0n) is 18.8. The summed E-state index contributed by atoms with van der Waals surface area (Å²) in [6.07, 6.45) is 6.81. The van der Waals surface area contributed by atoms with Gasteiger partial charge in [0.2, 0.25) is 0 Å². The van der Waals surface area contributed by atoms with Crippen LogP contribution in [0.3, 0.4) is 0 Å². The minimum Gasteiger partial charge on any atom is -0.461 e. The summed E-state index contributed by atoms with van der Waals surface area (Å²) in [7, 11) is 0. The molecule has 5 rings (SSSR count). The van der Waals surface area contributed by atoms with Crippen LogP contribution in [0.1, 0.15) is 36.0 Å². The lowest BCUT2D eigenvalue weighted by Gasteiger charge is -2.36. The summed E-state index contributed by atoms with van der Waals surface area (Å²) < 4.78 is 5.71. The minimum atomic E-state index is -1.38. The summed E-state index contributed by atoms with van der Waals surface area (Å²) >= 11 is 0. The Kier molecular flexibility index (Phi) is 6.25. The molecule has 1 aliphatic heterocycles. The van der Waals surface area contributed by atoms with Crippen molar-refractivity contribution in [2.45, 2.75) is 37.4 Å². The number of benzene rings is 2. The first kappa shape index (κ1) is 21.8. The van der Waals surface area contributed by atoms with Crippen LogP contribution in [0.5, 0.6) is 0 Å². The molecule has 1 aromatic heterocycles. The Balaban J connectivity index is 1.50. The van der Waals surface area contributed by atoms with E-state index >= 15 is 0 Å². The molecule has 0 radical (unpaired) electrons. The maximum atomic E-state index is 12.3. The summed E-state index contributed by atoms with van der Waals surface area (Å²) in [5.74, 6) is 0.222. The van der Waals surface area contributed by atoms with E-state index in [1.54, 1.807) is 0 Å². The Hall–Kier alpha value is -3.02. The number of hydrogen-bond donors (Lipinski definition) is 1. The molecule has 5 nitrogen and oxygen atoms in total. The fourth-order valence-corrected chi connectivity index (χ4v) is 5.69. The Morgan fingerprint density at radius 1 is 0.970 bits per heavy atom. The Bertz CT molecular complexity index is 1050. The quantitative estimate of drug-likeness (QED) is 0.504. The van der Waals surface area contributed by atoms with E-state index in [0.717, 1.165) is 48.3 Å². The molecule has 1 unspecified atom stereocenters. The van der Waals surface area contributed by atoms with E-state index in [2.05, 4.69) is 9.88 Å². The molecule has 0 saturated carbocycles. The first-order valence-electron chi connectivity index (χ1n) is 11.8. The van der Waals surface area contributed by atoms with E-state index in [9.17, 15) is 9.90 Å². The van der Waals surface area contributed by atoms with Crippen LogP contribution in [-0.4, -0.2) is 47.2 Å². The molecule has 1 fully saturated rings. The summed E-state index contributed by atoms with van der Waals surface area (Å²) in [5.41, 5.74) is 3.44. The summed E-state index contributed by atoms with van der Waals surface area (Å²) in [4.78, 5) is 18.3. The summed E-state index contributed by atoms with van der Waals surface area (Å²) in [5, 5.41) is 12.3. The van der Waals surface area contributed by atoms with Crippen LogP contribution in [-0.2, 0) is 21.6 Å². The van der Waals surface area contributed by atoms with E-state index in [0.29, 0.717) is 12.9 Å². The van der Waals surface area contributed by atoms with Gasteiger partial charge in [-0.25, -0.2) is 0 Å². The molecule has 2 heterocycles. The van der Waals surface area contributed by atoms with Gasteiger partial charge in [-0.1, -0.05) is 48.5 Å². The Morgan fingerprint density at radius 3 is 2.18 bits per heavy atom. The van der Waals surface area contributed by atoms with E-state index < -0.39 is 11.7 Å². The highest BCUT2D eigenvalue weighted by atomic mass is 16.5. The van der Waals surface area contributed by atoms with Crippen molar-refractivity contribution in [2.75, 3.05) is 19.6 Å². The maximum Gasteiger partial charge on any atom is 0.293 e. The highest BCUT2D eigenvalue weighted by Gasteiger charge is 2.49. The van der Waals surface area contributed by atoms with Crippen molar-refractivity contribution in [3.05, 3.63) is 89.7 Å². The van der Waals surface area contributed by atoms with Crippen LogP contribution in [0.15, 0.2) is 73.1 Å². The molecule has 0 amide bonds. The van der Waals surface area contributed by atoms with Crippen molar-refractivity contribution in [1.82, 2.24) is 9.88 Å². The fourth-order valence-electron chi connectivity index (χ4n) is 5.69. The standard InChI is InChI=1S/C28H30N2O3/c31-20-33-27(18-22(19-30-15-5-6-16-30)17-21-11-13-29-14-12-21)28(32)25-9-3-1-7-23(25)24-8-2-4-10-26(24)28/h1-4,7-14,20,22,27,32H,5-6,15-19H2/t22-,27?/m1/s1. The van der Waals surface area contributed by atoms with Gasteiger partial charge in [-0.15, -0.1) is 0 Å². The van der Waals surface area contributed by atoms with E-state index in [1.807, 2.05) is 73.1 Å². The number of likely N-dealkylation sites (tertiary alicyclic amines) is 1. The lowest BCUT2D eigenvalue weighted by Crippen LogP contribution is -2.43. The highest BCUT2D eigenvalue weighted by Crippen LogP contribution is 2.50. The molecular formula is C28H30N2O3. The first-order valence-corrected chi connectivity index (χ1v) is 11.8. The van der Waals surface area contributed by atoms with Crippen molar-refractivity contribution in [2.24, 2.45) is 5.92 Å². The van der Waals surface area contributed by atoms with Gasteiger partial charge >= 0.3 is 0 Å². The minimum absolute atomic E-state index is 0.222. The molecular weight excluding hydrogens is 412 g/mol. The lowest BCUT2D eigenvalue weighted by atomic mass is 9.80. The van der Waals surface area contributed by atoms with Gasteiger partial charge in [0.25, 0.3) is 6.47 Å². The van der Waals surface area contributed by atoms with Gasteiger partial charge in [0.1, 0.15) is 6.10 Å². The average molecular weight is 443 g/mol. The van der Waals surface area contributed by atoms with Crippen LogP contribution in [0.4, 0.5) is 0 Å². The van der Waals surface area contributed by atoms with Crippen molar-refractivity contribution >= 4 is 6.47 Å². The first-order chi connectivity index (χ1) is 16.2. The topological polar surface area (TPSA) is 62.7 Å². The van der Waals surface area contributed by atoms with E-state index in [4.69, 9.17) is 4.74 Å². The molecule has 170 valence electrons. The second-order valence-electron chi connectivity index (χ2n) is 9.25. The zero-order valence-corrected chi connectivity index (χ0v) is 18.8. The number of carbonyl (C=O) groups is 1. The van der Waals surface area contributed by atoms with Gasteiger partial charge in [-0.3, -0.25) is 9.78 Å². The summed E-state index contributed by atoms with van der Waals surface area (Å²) in [6, 6.07) is 19.9. The number of rotatable bonds is 9. The Morgan fingerprint density at radius 2 is 1.58 bits per heavy atom. The van der Waals surface area contributed by atoms with Crippen LogP contribution in [0.2, 0.25) is 0 Å². The molecule has 2 aliphatic rings. The summed E-state index contributed by atoms with van der Waals surface area (Å²) in [6.45, 7) is 3.61. The Labute approximate surface area is 195 Å². The molecule has 3 aromatic rings. The van der Waals surface area contributed by atoms with E-state index in [-0.39, 0.29) is 5.92 Å². The molecule has 0 bridgehead atoms. The molecule has 1 aliphatic carbocycles.